The van der Waals surface area contributed by atoms with Crippen molar-refractivity contribution >= 4 is 5.91 Å². The minimum Gasteiger partial charge on any atom is -0.352 e. The Morgan fingerprint density at radius 2 is 2.18 bits per heavy atom. The molecule has 1 unspecified atom stereocenters. The number of halogens is 1. The molecule has 0 aliphatic carbocycles. The summed E-state index contributed by atoms with van der Waals surface area (Å²) in [7, 11) is 0. The van der Waals surface area contributed by atoms with Gasteiger partial charge in [-0.15, -0.1) is 0 Å². The van der Waals surface area contributed by atoms with Crippen LogP contribution in [0.4, 0.5) is 4.39 Å². The monoisotopic (exact) mass is 302 g/mol. The lowest BCUT2D eigenvalue weighted by molar-refractivity contribution is 0.0952. The maximum Gasteiger partial charge on any atom is 0.255 e. The van der Waals surface area contributed by atoms with E-state index in [9.17, 15) is 9.18 Å². The molecule has 22 heavy (non-hydrogen) atoms. The van der Waals surface area contributed by atoms with Gasteiger partial charge in [-0.1, -0.05) is 0 Å². The Balaban J connectivity index is 1.63. The first-order valence-electron chi connectivity index (χ1n) is 7.52. The van der Waals surface area contributed by atoms with Gasteiger partial charge in [0.15, 0.2) is 0 Å². The Labute approximate surface area is 128 Å². The number of hydrogen-bond acceptors (Lipinski definition) is 3. The molecule has 0 spiro atoms. The average molecular weight is 302 g/mol. The van der Waals surface area contributed by atoms with Crippen LogP contribution >= 0.6 is 0 Å². The van der Waals surface area contributed by atoms with E-state index in [4.69, 9.17) is 0 Å². The van der Waals surface area contributed by atoms with Crippen LogP contribution in [0.3, 0.4) is 0 Å². The van der Waals surface area contributed by atoms with Crippen LogP contribution < -0.4 is 10.6 Å². The molecule has 0 saturated carbocycles. The van der Waals surface area contributed by atoms with Crippen molar-refractivity contribution in [3.63, 3.8) is 0 Å². The first-order valence-corrected chi connectivity index (χ1v) is 7.52. The number of carbonyl (C=O) groups excluding carboxylic acids is 1. The topological polar surface area (TPSA) is 69.8 Å². The van der Waals surface area contributed by atoms with Gasteiger partial charge in [0, 0.05) is 12.1 Å². The van der Waals surface area contributed by atoms with Crippen molar-refractivity contribution in [3.8, 4) is 11.3 Å². The summed E-state index contributed by atoms with van der Waals surface area (Å²) in [6.45, 7) is 2.75. The van der Waals surface area contributed by atoms with Crippen LogP contribution in [0.2, 0.25) is 0 Å². The zero-order valence-electron chi connectivity index (χ0n) is 12.2. The van der Waals surface area contributed by atoms with Crippen molar-refractivity contribution in [2.45, 2.75) is 12.8 Å². The molecular formula is C16H19FN4O. The van der Waals surface area contributed by atoms with E-state index >= 15 is 0 Å². The van der Waals surface area contributed by atoms with Gasteiger partial charge in [-0.3, -0.25) is 9.89 Å². The molecule has 1 fully saturated rings. The van der Waals surface area contributed by atoms with Crippen LogP contribution in [0.1, 0.15) is 23.2 Å². The number of nitrogens with one attached hydrogen (secondary N) is 3. The molecule has 3 N–H and O–H groups in total. The Bertz CT molecular complexity index is 632. The summed E-state index contributed by atoms with van der Waals surface area (Å²) in [5, 5.41) is 13.0. The summed E-state index contributed by atoms with van der Waals surface area (Å²) in [5.41, 5.74) is 1.83. The van der Waals surface area contributed by atoms with Crippen LogP contribution in [0.5, 0.6) is 0 Å². The lowest BCUT2D eigenvalue weighted by atomic mass is 10.0. The van der Waals surface area contributed by atoms with Crippen LogP contribution in [-0.2, 0) is 0 Å². The summed E-state index contributed by atoms with van der Waals surface area (Å²) in [6.07, 6.45) is 3.65. The smallest absolute Gasteiger partial charge is 0.255 e. The number of nitrogens with zero attached hydrogens (tertiary/aromatic N) is 1. The zero-order valence-corrected chi connectivity index (χ0v) is 12.2. The van der Waals surface area contributed by atoms with Crippen LogP contribution in [0, 0.1) is 11.7 Å². The molecule has 1 atom stereocenters. The fourth-order valence-corrected chi connectivity index (χ4v) is 2.74. The van der Waals surface area contributed by atoms with Gasteiger partial charge in [0.1, 0.15) is 5.82 Å². The molecule has 2 aromatic rings. The van der Waals surface area contributed by atoms with E-state index in [1.165, 1.54) is 24.8 Å². The molecule has 1 saturated heterocycles. The summed E-state index contributed by atoms with van der Waals surface area (Å²) < 4.78 is 13.0. The highest BCUT2D eigenvalue weighted by molar-refractivity contribution is 5.99. The van der Waals surface area contributed by atoms with E-state index in [-0.39, 0.29) is 11.7 Å². The molecule has 0 bridgehead atoms. The van der Waals surface area contributed by atoms with Crippen molar-refractivity contribution in [2.75, 3.05) is 19.6 Å². The van der Waals surface area contributed by atoms with Gasteiger partial charge in [-0.2, -0.15) is 5.10 Å². The third kappa shape index (κ3) is 3.33. The minimum atomic E-state index is -0.306. The predicted octanol–water partition coefficient (Wildman–Crippen LogP) is 1.95. The largest absolute Gasteiger partial charge is 0.352 e. The van der Waals surface area contributed by atoms with Gasteiger partial charge in [-0.05, 0) is 56.1 Å². The summed E-state index contributed by atoms with van der Waals surface area (Å²) in [4.78, 5) is 12.3. The van der Waals surface area contributed by atoms with Crippen LogP contribution in [-0.4, -0.2) is 35.7 Å². The molecule has 2 heterocycles. The maximum atomic E-state index is 13.0. The van der Waals surface area contributed by atoms with Gasteiger partial charge < -0.3 is 10.6 Å². The number of benzene rings is 1. The summed E-state index contributed by atoms with van der Waals surface area (Å²) in [6, 6.07) is 5.99. The molecule has 1 aromatic heterocycles. The van der Waals surface area contributed by atoms with Gasteiger partial charge in [0.05, 0.1) is 17.5 Å². The molecule has 1 aromatic carbocycles. The van der Waals surface area contributed by atoms with Crippen molar-refractivity contribution in [1.82, 2.24) is 20.8 Å². The number of hydrogen-bond donors (Lipinski definition) is 3. The second-order valence-electron chi connectivity index (χ2n) is 5.57. The van der Waals surface area contributed by atoms with E-state index in [1.807, 2.05) is 0 Å². The molecule has 0 radical (unpaired) electrons. The van der Waals surface area contributed by atoms with Gasteiger partial charge in [-0.25, -0.2) is 4.39 Å². The molecule has 116 valence electrons. The number of H-pyrrole nitrogens is 1. The number of aromatic amines is 1. The van der Waals surface area contributed by atoms with Gasteiger partial charge in [0.25, 0.3) is 5.91 Å². The Morgan fingerprint density at radius 1 is 1.36 bits per heavy atom. The fraction of sp³-hybridized carbons (Fsp3) is 0.375. The van der Waals surface area contributed by atoms with E-state index in [2.05, 4.69) is 20.8 Å². The molecule has 1 aliphatic heterocycles. The summed E-state index contributed by atoms with van der Waals surface area (Å²) in [5.74, 6) is 0.180. The maximum absolute atomic E-state index is 13.0. The summed E-state index contributed by atoms with van der Waals surface area (Å²) >= 11 is 0. The van der Waals surface area contributed by atoms with Gasteiger partial charge in [0.2, 0.25) is 0 Å². The Hall–Kier alpha value is -2.21. The highest BCUT2D eigenvalue weighted by Crippen LogP contribution is 2.21. The molecule has 6 heteroatoms. The van der Waals surface area contributed by atoms with Crippen LogP contribution in [0.25, 0.3) is 11.3 Å². The van der Waals surface area contributed by atoms with Crippen molar-refractivity contribution < 1.29 is 9.18 Å². The second kappa shape index (κ2) is 6.70. The number of rotatable bonds is 5. The molecule has 1 aliphatic rings. The second-order valence-corrected chi connectivity index (χ2v) is 5.57. The minimum absolute atomic E-state index is 0.154. The third-order valence-corrected chi connectivity index (χ3v) is 4.02. The Morgan fingerprint density at radius 3 is 2.91 bits per heavy atom. The van der Waals surface area contributed by atoms with Crippen molar-refractivity contribution in [3.05, 3.63) is 41.8 Å². The van der Waals surface area contributed by atoms with Crippen molar-refractivity contribution in [1.29, 1.82) is 0 Å². The fourth-order valence-electron chi connectivity index (χ4n) is 2.74. The van der Waals surface area contributed by atoms with E-state index < -0.39 is 0 Å². The molecule has 1 amide bonds. The van der Waals surface area contributed by atoms with Crippen molar-refractivity contribution in [2.24, 2.45) is 5.92 Å². The average Bonchev–Trinajstić information content (AvgIpc) is 3.19. The number of aromatic nitrogens is 2. The molecule has 5 nitrogen and oxygen atoms in total. The zero-order chi connectivity index (χ0) is 15.4. The van der Waals surface area contributed by atoms with E-state index in [0.717, 1.165) is 25.1 Å². The lowest BCUT2D eigenvalue weighted by Crippen LogP contribution is -2.26. The van der Waals surface area contributed by atoms with Gasteiger partial charge >= 0.3 is 0 Å². The first kappa shape index (κ1) is 14.7. The standard InChI is InChI=1S/C16H19FN4O/c17-13-3-1-12(2-4-13)15-14(10-20-21-15)16(22)19-8-6-11-5-7-18-9-11/h1-4,10-11,18H,5-9H2,(H,19,22)(H,20,21). The predicted molar refractivity (Wildman–Crippen MR) is 81.9 cm³/mol. The Kier molecular flexibility index (Phi) is 4.48. The van der Waals surface area contributed by atoms with Crippen LogP contribution in [0.15, 0.2) is 30.5 Å². The quantitative estimate of drug-likeness (QED) is 0.790. The first-order chi connectivity index (χ1) is 10.7. The molecular weight excluding hydrogens is 283 g/mol. The lowest BCUT2D eigenvalue weighted by Gasteiger charge is -2.09. The van der Waals surface area contributed by atoms with E-state index in [1.54, 1.807) is 12.1 Å². The normalized spacial score (nSPS) is 17.6. The third-order valence-electron chi connectivity index (χ3n) is 4.02. The number of amides is 1. The SMILES string of the molecule is O=C(NCCC1CCNC1)c1cn[nH]c1-c1ccc(F)cc1. The number of carbonyl (C=O) groups is 1. The molecule has 3 rings (SSSR count). The van der Waals surface area contributed by atoms with E-state index in [0.29, 0.717) is 23.7 Å². The highest BCUT2D eigenvalue weighted by atomic mass is 19.1. The highest BCUT2D eigenvalue weighted by Gasteiger charge is 2.17.